The van der Waals surface area contributed by atoms with Gasteiger partial charge in [-0.2, -0.15) is 0 Å². The van der Waals surface area contributed by atoms with Crippen LogP contribution in [0.5, 0.6) is 0 Å². The predicted octanol–water partition coefficient (Wildman–Crippen LogP) is 5.44. The number of hydrogen-bond donors (Lipinski definition) is 2. The van der Waals surface area contributed by atoms with Crippen molar-refractivity contribution in [1.29, 1.82) is 0 Å². The third kappa shape index (κ3) is 8.95. The van der Waals surface area contributed by atoms with Crippen molar-refractivity contribution in [3.63, 3.8) is 0 Å². The third-order valence-corrected chi connectivity index (χ3v) is 7.33. The minimum atomic E-state index is -2.89. The molecule has 0 radical (unpaired) electrons. The number of nitrogens with zero attached hydrogens (tertiary/aromatic N) is 2. The molecule has 1 aromatic carbocycles. The number of carbonyl (C=O) groups excluding carboxylic acids is 3. The van der Waals surface area contributed by atoms with Gasteiger partial charge in [0.05, 0.1) is 15.8 Å². The monoisotopic (exact) mass is 598 g/mol. The van der Waals surface area contributed by atoms with Crippen LogP contribution in [0.1, 0.15) is 56.3 Å². The van der Waals surface area contributed by atoms with E-state index in [1.165, 1.54) is 23.1 Å². The summed E-state index contributed by atoms with van der Waals surface area (Å²) >= 11 is 7.10. The maximum absolute atomic E-state index is 14.2. The molecule has 1 aromatic heterocycles. The Kier molecular flexibility index (Phi) is 11.0. The Morgan fingerprint density at radius 2 is 1.93 bits per heavy atom. The van der Waals surface area contributed by atoms with Crippen LogP contribution in [-0.2, 0) is 14.3 Å². The summed E-state index contributed by atoms with van der Waals surface area (Å²) in [5, 5.41) is 5.50. The molecule has 220 valence electrons. The molecule has 0 bridgehead atoms. The summed E-state index contributed by atoms with van der Waals surface area (Å²) in [6.45, 7) is 11.7. The third-order valence-electron chi connectivity index (χ3n) is 6.10. The van der Waals surface area contributed by atoms with E-state index in [4.69, 9.17) is 16.3 Å². The number of alkyl halides is 2. The summed E-state index contributed by atoms with van der Waals surface area (Å²) in [5.74, 6) is -1.02. The Morgan fingerprint density at radius 1 is 1.20 bits per heavy atom. The van der Waals surface area contributed by atoms with E-state index in [0.717, 1.165) is 11.3 Å². The zero-order valence-electron chi connectivity index (χ0n) is 23.4. The smallest absolute Gasteiger partial charge is 0.265 e. The van der Waals surface area contributed by atoms with Gasteiger partial charge in [0.15, 0.2) is 0 Å². The van der Waals surface area contributed by atoms with Gasteiger partial charge >= 0.3 is 0 Å². The van der Waals surface area contributed by atoms with Gasteiger partial charge in [0, 0.05) is 43.1 Å². The van der Waals surface area contributed by atoms with Gasteiger partial charge < -0.3 is 20.3 Å². The van der Waals surface area contributed by atoms with Crippen LogP contribution in [0.3, 0.4) is 0 Å². The molecule has 2 heterocycles. The number of rotatable bonds is 11. The number of ether oxygens (including phenoxy) is 1. The second-order valence-electron chi connectivity index (χ2n) is 11.4. The van der Waals surface area contributed by atoms with Crippen LogP contribution in [0, 0.1) is 11.3 Å². The molecular formula is C28H37ClF2N4O4S. The fourth-order valence-corrected chi connectivity index (χ4v) is 5.46. The lowest BCUT2D eigenvalue weighted by Crippen LogP contribution is -2.53. The molecule has 8 nitrogen and oxygen atoms in total. The van der Waals surface area contributed by atoms with Crippen LogP contribution in [0.2, 0.25) is 4.34 Å². The van der Waals surface area contributed by atoms with Crippen LogP contribution in [0.25, 0.3) is 0 Å². The highest BCUT2D eigenvalue weighted by molar-refractivity contribution is 7.18. The molecule has 1 aliphatic heterocycles. The minimum absolute atomic E-state index is 0.0344. The van der Waals surface area contributed by atoms with Crippen LogP contribution >= 0.6 is 22.9 Å². The Morgan fingerprint density at radius 3 is 2.50 bits per heavy atom. The number of halogens is 3. The van der Waals surface area contributed by atoms with Crippen molar-refractivity contribution in [2.75, 3.05) is 49.6 Å². The van der Waals surface area contributed by atoms with E-state index in [0.29, 0.717) is 34.6 Å². The summed E-state index contributed by atoms with van der Waals surface area (Å²) in [7, 11) is 0. The number of carbonyl (C=O) groups is 3. The molecule has 1 atom stereocenters. The van der Waals surface area contributed by atoms with Gasteiger partial charge in [-0.1, -0.05) is 46.2 Å². The first-order valence-electron chi connectivity index (χ1n) is 13.1. The van der Waals surface area contributed by atoms with Crippen molar-refractivity contribution in [1.82, 2.24) is 10.2 Å². The highest BCUT2D eigenvalue weighted by atomic mass is 35.5. The van der Waals surface area contributed by atoms with Gasteiger partial charge in [0.1, 0.15) is 12.6 Å². The van der Waals surface area contributed by atoms with Crippen molar-refractivity contribution in [3.8, 4) is 0 Å². The van der Waals surface area contributed by atoms with E-state index in [1.807, 2.05) is 39.5 Å². The summed E-state index contributed by atoms with van der Waals surface area (Å²) in [6.07, 6.45) is -2.89. The molecule has 0 unspecified atom stereocenters. The molecule has 1 saturated heterocycles. The van der Waals surface area contributed by atoms with Gasteiger partial charge in [0.25, 0.3) is 18.2 Å². The second kappa shape index (κ2) is 13.8. The highest BCUT2D eigenvalue weighted by Gasteiger charge is 2.32. The van der Waals surface area contributed by atoms with Crippen molar-refractivity contribution in [2.24, 2.45) is 11.3 Å². The molecule has 2 aromatic rings. The summed E-state index contributed by atoms with van der Waals surface area (Å²) in [6, 6.07) is 6.53. The van der Waals surface area contributed by atoms with Crippen LogP contribution in [0.4, 0.5) is 20.2 Å². The van der Waals surface area contributed by atoms with E-state index >= 15 is 0 Å². The standard InChI is InChI=1S/C28H37ClF2N4O4S/c1-17(2)14-34(16-28(3,4)5)21(13-32-27(38)22-8-9-23(29)40-22)26(37)33-20-7-6-18(12-19(20)25(30)31)35-10-11-39-15-24(35)36/h6-9,12,17,21,25H,10-11,13-16H2,1-5H3,(H,32,38)(H,33,37)/t21-/m1/s1. The van der Waals surface area contributed by atoms with Crippen molar-refractivity contribution in [3.05, 3.63) is 45.1 Å². The topological polar surface area (TPSA) is 91.0 Å². The molecule has 3 amide bonds. The molecule has 12 heteroatoms. The average Bonchev–Trinajstić information content (AvgIpc) is 3.29. The zero-order valence-corrected chi connectivity index (χ0v) is 25.0. The normalized spacial score (nSPS) is 15.2. The molecule has 0 saturated carbocycles. The quantitative estimate of drug-likeness (QED) is 0.359. The first-order valence-corrected chi connectivity index (χ1v) is 14.3. The fourth-order valence-electron chi connectivity index (χ4n) is 4.50. The molecule has 40 heavy (non-hydrogen) atoms. The molecule has 0 spiro atoms. The van der Waals surface area contributed by atoms with Gasteiger partial charge in [-0.3, -0.25) is 19.3 Å². The number of thiophene rings is 1. The molecule has 1 fully saturated rings. The summed E-state index contributed by atoms with van der Waals surface area (Å²) in [5.41, 5.74) is -0.313. The lowest BCUT2D eigenvalue weighted by molar-refractivity contribution is -0.125. The number of amides is 3. The highest BCUT2D eigenvalue weighted by Crippen LogP contribution is 2.32. The molecular weight excluding hydrogens is 562 g/mol. The minimum Gasteiger partial charge on any atom is -0.370 e. The SMILES string of the molecule is CC(C)CN(CC(C)(C)C)[C@H](CNC(=O)c1ccc(Cl)s1)C(=O)Nc1ccc(N2CCOCC2=O)cc1C(F)F. The van der Waals surface area contributed by atoms with Gasteiger partial charge in [-0.15, -0.1) is 11.3 Å². The van der Waals surface area contributed by atoms with Gasteiger partial charge in [0.2, 0.25) is 5.91 Å². The lowest BCUT2D eigenvalue weighted by atomic mass is 9.94. The molecule has 2 N–H and O–H groups in total. The molecule has 3 rings (SSSR count). The Hall–Kier alpha value is -2.60. The number of anilines is 2. The number of nitrogens with one attached hydrogen (secondary N) is 2. The average molecular weight is 599 g/mol. The number of hydrogen-bond acceptors (Lipinski definition) is 6. The van der Waals surface area contributed by atoms with Crippen molar-refractivity contribution in [2.45, 2.75) is 47.1 Å². The largest absolute Gasteiger partial charge is 0.370 e. The Bertz CT molecular complexity index is 1200. The summed E-state index contributed by atoms with van der Waals surface area (Å²) in [4.78, 5) is 42.5. The van der Waals surface area contributed by atoms with Crippen molar-refractivity contribution < 1.29 is 27.9 Å². The van der Waals surface area contributed by atoms with Crippen LogP contribution < -0.4 is 15.5 Å². The van der Waals surface area contributed by atoms with E-state index in [1.54, 1.807) is 12.1 Å². The van der Waals surface area contributed by atoms with E-state index < -0.39 is 23.9 Å². The fraction of sp³-hybridized carbons (Fsp3) is 0.536. The van der Waals surface area contributed by atoms with E-state index in [-0.39, 0.29) is 48.5 Å². The number of morpholine rings is 1. The van der Waals surface area contributed by atoms with Crippen LogP contribution in [0.15, 0.2) is 30.3 Å². The zero-order chi connectivity index (χ0) is 29.6. The maximum Gasteiger partial charge on any atom is 0.265 e. The lowest BCUT2D eigenvalue weighted by Gasteiger charge is -2.37. The van der Waals surface area contributed by atoms with Gasteiger partial charge in [-0.05, 0) is 41.7 Å². The summed E-state index contributed by atoms with van der Waals surface area (Å²) < 4.78 is 33.9. The van der Waals surface area contributed by atoms with Gasteiger partial charge in [-0.25, -0.2) is 8.78 Å². The molecule has 1 aliphatic rings. The maximum atomic E-state index is 14.2. The first kappa shape index (κ1) is 31.9. The van der Waals surface area contributed by atoms with E-state index in [9.17, 15) is 23.2 Å². The Balaban J connectivity index is 1.89. The second-order valence-corrected chi connectivity index (χ2v) is 13.1. The molecule has 0 aliphatic carbocycles. The van der Waals surface area contributed by atoms with E-state index in [2.05, 4.69) is 10.6 Å². The predicted molar refractivity (Wildman–Crippen MR) is 155 cm³/mol. The first-order chi connectivity index (χ1) is 18.7. The van der Waals surface area contributed by atoms with Crippen molar-refractivity contribution >= 4 is 52.0 Å². The Labute approximate surface area is 243 Å². The van der Waals surface area contributed by atoms with Crippen LogP contribution in [-0.4, -0.2) is 68.1 Å². The number of benzene rings is 1.